The van der Waals surface area contributed by atoms with E-state index in [2.05, 4.69) is 86.8 Å². The summed E-state index contributed by atoms with van der Waals surface area (Å²) in [6, 6.07) is -0.737. The van der Waals surface area contributed by atoms with Crippen molar-refractivity contribution >= 4 is 11.9 Å². The topological polar surface area (TPSA) is 95.9 Å². The molecule has 0 aromatic heterocycles. The van der Waals surface area contributed by atoms with E-state index in [4.69, 9.17) is 4.74 Å². The summed E-state index contributed by atoms with van der Waals surface area (Å²) in [6.07, 6.45) is 70.0. The Morgan fingerprint density at radius 1 is 0.462 bits per heavy atom. The molecule has 0 fully saturated rings. The summed E-state index contributed by atoms with van der Waals surface area (Å²) in [5.41, 5.74) is 0. The molecule has 0 heterocycles. The minimum Gasteiger partial charge on any atom is -0.462 e. The Bertz CT molecular complexity index is 1330. The van der Waals surface area contributed by atoms with Crippen LogP contribution < -0.4 is 5.32 Å². The van der Waals surface area contributed by atoms with Crippen molar-refractivity contribution < 1.29 is 24.5 Å². The second-order valence-electron chi connectivity index (χ2n) is 17.8. The number of amides is 1. The third-order valence-electron chi connectivity index (χ3n) is 11.6. The normalized spacial score (nSPS) is 14.1. The Kier molecular flexibility index (Phi) is 48.7. The van der Waals surface area contributed by atoms with Crippen LogP contribution >= 0.6 is 0 Å². The average Bonchev–Trinajstić information content (AvgIpc) is 3.30. The third-order valence-corrected chi connectivity index (χ3v) is 11.6. The number of carbonyl (C=O) groups excluding carboxylic acids is 2. The molecule has 0 aliphatic rings. The first-order chi connectivity index (χ1) is 32.0. The van der Waals surface area contributed by atoms with Crippen LogP contribution in [0.5, 0.6) is 0 Å². The summed E-state index contributed by atoms with van der Waals surface area (Å²) < 4.78 is 5.89. The molecule has 0 radical (unpaired) electrons. The van der Waals surface area contributed by atoms with E-state index in [1.165, 1.54) is 96.3 Å². The highest BCUT2D eigenvalue weighted by Gasteiger charge is 2.24. The molecule has 6 heteroatoms. The molecular weight excluding hydrogens is 803 g/mol. The van der Waals surface area contributed by atoms with Crippen molar-refractivity contribution in [2.75, 3.05) is 6.61 Å². The molecule has 0 aliphatic heterocycles. The molecular formula is C59H99NO5. The predicted molar refractivity (Wildman–Crippen MR) is 282 cm³/mol. The summed E-state index contributed by atoms with van der Waals surface area (Å²) in [5.74, 6) is -0.580. The first-order valence-electron chi connectivity index (χ1n) is 26.7. The highest BCUT2D eigenvalue weighted by Crippen LogP contribution is 2.17. The fourth-order valence-electron chi connectivity index (χ4n) is 7.53. The highest BCUT2D eigenvalue weighted by atomic mass is 16.5. The van der Waals surface area contributed by atoms with Gasteiger partial charge >= 0.3 is 5.97 Å². The molecule has 0 bridgehead atoms. The summed E-state index contributed by atoms with van der Waals surface area (Å²) in [5, 5.41) is 23.8. The lowest BCUT2D eigenvalue weighted by atomic mass is 10.0. The molecule has 0 saturated heterocycles. The number of carbonyl (C=O) groups is 2. The van der Waals surface area contributed by atoms with Gasteiger partial charge in [0.15, 0.2) is 0 Å². The zero-order valence-electron chi connectivity index (χ0n) is 42.1. The second-order valence-corrected chi connectivity index (χ2v) is 17.8. The van der Waals surface area contributed by atoms with E-state index in [0.717, 1.165) is 83.5 Å². The Morgan fingerprint density at radius 3 is 1.32 bits per heavy atom. The maximum absolute atomic E-state index is 13.2. The number of aliphatic hydroxyl groups excluding tert-OH is 2. The maximum atomic E-state index is 13.2. The number of hydrogen-bond acceptors (Lipinski definition) is 5. The largest absolute Gasteiger partial charge is 0.462 e. The minimum absolute atomic E-state index is 0.0124. The van der Waals surface area contributed by atoms with Crippen LogP contribution in [0.4, 0.5) is 0 Å². The third kappa shape index (κ3) is 46.8. The number of nitrogens with one attached hydrogen (secondary N) is 1. The SMILES string of the molecule is CC/C=C/C=C/C=C\C=C/C=C/CCCC(CC(=O)NC(CO)C(O)CCCCCCCCCCCCCCCCC)OC(=O)CCCCCCC/C=C/C=C/C=C/C=C/CCCCC. The molecule has 0 rings (SSSR count). The number of esters is 1. The first kappa shape index (κ1) is 61.5. The molecule has 6 nitrogen and oxygen atoms in total. The van der Waals surface area contributed by atoms with Crippen molar-refractivity contribution in [2.45, 2.75) is 244 Å². The molecule has 0 aromatic rings. The van der Waals surface area contributed by atoms with Crippen molar-refractivity contribution in [1.29, 1.82) is 0 Å². The number of allylic oxidation sites excluding steroid dienone is 18. The minimum atomic E-state index is -0.818. The molecule has 3 N–H and O–H groups in total. The van der Waals surface area contributed by atoms with Gasteiger partial charge in [0.25, 0.3) is 0 Å². The van der Waals surface area contributed by atoms with Gasteiger partial charge in [0.2, 0.25) is 5.91 Å². The molecule has 3 atom stereocenters. The fourth-order valence-corrected chi connectivity index (χ4v) is 7.53. The van der Waals surface area contributed by atoms with Crippen LogP contribution in [0.15, 0.2) is 109 Å². The standard InChI is InChI=1S/C59H99NO5/c1-4-7-10-13-16-19-22-25-27-28-29-31-34-37-40-43-46-49-52-59(64)65-55(50-47-44-41-38-35-32-24-21-18-15-12-9-6-3)53-58(63)60-56(54-61)57(62)51-48-45-42-39-36-33-30-26-23-20-17-14-11-8-5-2/h9,12,15-16,18-19,21-22,24-25,27-29,31-32,35,38,41,55-57,61-62H,4-8,10-11,13-14,17,20,23,26,30,33-34,36-37,39-40,42-54H2,1-3H3,(H,60,63)/b12-9+,18-15+,19-16+,24-21-,25-22+,28-27+,31-29+,35-32-,41-38+. The lowest BCUT2D eigenvalue weighted by molar-refractivity contribution is -0.151. The van der Waals surface area contributed by atoms with Gasteiger partial charge in [-0.15, -0.1) is 0 Å². The van der Waals surface area contributed by atoms with Crippen LogP contribution in [0.25, 0.3) is 0 Å². The molecule has 0 aliphatic carbocycles. The molecule has 1 amide bonds. The predicted octanol–water partition coefficient (Wildman–Crippen LogP) is 16.3. The van der Waals surface area contributed by atoms with Crippen molar-refractivity contribution in [1.82, 2.24) is 5.32 Å². The smallest absolute Gasteiger partial charge is 0.306 e. The van der Waals surface area contributed by atoms with Crippen molar-refractivity contribution in [3.63, 3.8) is 0 Å². The number of hydrogen-bond donors (Lipinski definition) is 3. The van der Waals surface area contributed by atoms with Crippen LogP contribution in [0.3, 0.4) is 0 Å². The number of rotatable bonds is 46. The Labute approximate surface area is 400 Å². The van der Waals surface area contributed by atoms with Crippen molar-refractivity contribution in [2.24, 2.45) is 0 Å². The maximum Gasteiger partial charge on any atom is 0.306 e. The Hall–Kier alpha value is -3.48. The number of unbranched alkanes of at least 4 members (excludes halogenated alkanes) is 23. The van der Waals surface area contributed by atoms with Gasteiger partial charge < -0.3 is 20.3 Å². The van der Waals surface area contributed by atoms with Gasteiger partial charge in [0.1, 0.15) is 6.10 Å². The molecule has 0 saturated carbocycles. The van der Waals surface area contributed by atoms with E-state index >= 15 is 0 Å². The quantitative estimate of drug-likeness (QED) is 0.0321. The zero-order chi connectivity index (χ0) is 47.4. The molecule has 370 valence electrons. The second kappa shape index (κ2) is 51.5. The van der Waals surface area contributed by atoms with E-state index in [9.17, 15) is 19.8 Å². The van der Waals surface area contributed by atoms with Crippen LogP contribution in [0.2, 0.25) is 0 Å². The van der Waals surface area contributed by atoms with E-state index < -0.39 is 18.2 Å². The number of aliphatic hydroxyl groups is 2. The summed E-state index contributed by atoms with van der Waals surface area (Å²) in [7, 11) is 0. The fraction of sp³-hybridized carbons (Fsp3) is 0.661. The van der Waals surface area contributed by atoms with Gasteiger partial charge in [-0.25, -0.2) is 0 Å². The Balaban J connectivity index is 4.70. The lowest BCUT2D eigenvalue weighted by Gasteiger charge is -2.24. The van der Waals surface area contributed by atoms with Gasteiger partial charge in [-0.1, -0.05) is 259 Å². The number of ether oxygens (including phenoxy) is 1. The average molecular weight is 902 g/mol. The van der Waals surface area contributed by atoms with Crippen LogP contribution in [0.1, 0.15) is 226 Å². The van der Waals surface area contributed by atoms with E-state index in [1.54, 1.807) is 0 Å². The molecule has 65 heavy (non-hydrogen) atoms. The first-order valence-corrected chi connectivity index (χ1v) is 26.7. The van der Waals surface area contributed by atoms with Crippen LogP contribution in [0, 0.1) is 0 Å². The van der Waals surface area contributed by atoms with Gasteiger partial charge in [0.05, 0.1) is 25.2 Å². The zero-order valence-corrected chi connectivity index (χ0v) is 42.1. The summed E-state index contributed by atoms with van der Waals surface area (Å²) in [4.78, 5) is 26.2. The van der Waals surface area contributed by atoms with Crippen LogP contribution in [-0.4, -0.2) is 46.9 Å². The molecule has 0 aromatic carbocycles. The van der Waals surface area contributed by atoms with E-state index in [0.29, 0.717) is 19.3 Å². The monoisotopic (exact) mass is 902 g/mol. The summed E-state index contributed by atoms with van der Waals surface area (Å²) >= 11 is 0. The Morgan fingerprint density at radius 2 is 0.846 bits per heavy atom. The van der Waals surface area contributed by atoms with Crippen molar-refractivity contribution in [3.8, 4) is 0 Å². The van der Waals surface area contributed by atoms with Crippen molar-refractivity contribution in [3.05, 3.63) is 109 Å². The van der Waals surface area contributed by atoms with Gasteiger partial charge in [-0.3, -0.25) is 9.59 Å². The van der Waals surface area contributed by atoms with Gasteiger partial charge in [-0.05, 0) is 64.2 Å². The van der Waals surface area contributed by atoms with Crippen LogP contribution in [-0.2, 0) is 14.3 Å². The van der Waals surface area contributed by atoms with E-state index in [-0.39, 0.29) is 24.9 Å². The van der Waals surface area contributed by atoms with Gasteiger partial charge in [0, 0.05) is 6.42 Å². The van der Waals surface area contributed by atoms with E-state index in [1.807, 2.05) is 48.6 Å². The summed E-state index contributed by atoms with van der Waals surface area (Å²) in [6.45, 7) is 6.27. The highest BCUT2D eigenvalue weighted by molar-refractivity contribution is 5.77. The molecule has 0 spiro atoms. The lowest BCUT2D eigenvalue weighted by Crippen LogP contribution is -2.46. The molecule has 3 unspecified atom stereocenters. The van der Waals surface area contributed by atoms with Gasteiger partial charge in [-0.2, -0.15) is 0 Å².